The Kier molecular flexibility index (Phi) is 3.21. The number of hydrogen-bond acceptors (Lipinski definition) is 1. The number of halogens is 1. The van der Waals surface area contributed by atoms with Crippen LogP contribution in [0.4, 0.5) is 0 Å². The third-order valence-electron chi connectivity index (χ3n) is 2.28. The molecule has 0 saturated heterocycles. The van der Waals surface area contributed by atoms with Crippen LogP contribution < -0.4 is 0 Å². The van der Waals surface area contributed by atoms with Crippen LogP contribution >= 0.6 is 15.9 Å². The lowest BCUT2D eigenvalue weighted by atomic mass is 10.1. The number of nitrogens with one attached hydrogen (secondary N) is 1. The second-order valence-electron chi connectivity index (χ2n) is 3.62. The number of benzene rings is 1. The van der Waals surface area contributed by atoms with Crippen molar-refractivity contribution in [2.45, 2.75) is 18.2 Å². The molecule has 0 aliphatic carbocycles. The van der Waals surface area contributed by atoms with Crippen molar-refractivity contribution in [3.63, 3.8) is 0 Å². The molecule has 1 heterocycles. The average Bonchev–Trinajstić information content (AvgIpc) is 2.66. The summed E-state index contributed by atoms with van der Waals surface area (Å²) >= 11 is 3.56. The molecular weight excluding hydrogens is 252 g/mol. The zero-order valence-corrected chi connectivity index (χ0v) is 10.2. The van der Waals surface area contributed by atoms with E-state index in [0.717, 1.165) is 12.1 Å². The van der Waals surface area contributed by atoms with Gasteiger partial charge in [-0.25, -0.2) is 0 Å². The third kappa shape index (κ3) is 2.48. The largest absolute Gasteiger partial charge is 0.278 e. The summed E-state index contributed by atoms with van der Waals surface area (Å²) in [5, 5.41) is 7.16. The molecule has 1 aromatic heterocycles. The van der Waals surface area contributed by atoms with E-state index in [1.807, 2.05) is 24.4 Å². The number of H-pyrrole nitrogens is 1. The van der Waals surface area contributed by atoms with E-state index in [1.165, 1.54) is 11.1 Å². The lowest BCUT2D eigenvalue weighted by Crippen LogP contribution is -1.96. The maximum absolute atomic E-state index is 4.11. The van der Waals surface area contributed by atoms with Crippen LogP contribution in [0.15, 0.2) is 36.5 Å². The number of aromatic amines is 1. The number of aromatic nitrogens is 2. The molecule has 1 atom stereocenters. The van der Waals surface area contributed by atoms with Crippen LogP contribution in [0.5, 0.6) is 0 Å². The summed E-state index contributed by atoms with van der Waals surface area (Å²) < 4.78 is 0. The van der Waals surface area contributed by atoms with Crippen LogP contribution in [-0.4, -0.2) is 15.0 Å². The van der Waals surface area contributed by atoms with Crippen LogP contribution in [0.1, 0.15) is 12.5 Å². The molecular formula is C12H13BrN2. The van der Waals surface area contributed by atoms with E-state index in [-0.39, 0.29) is 0 Å². The van der Waals surface area contributed by atoms with Gasteiger partial charge in [-0.3, -0.25) is 5.10 Å². The first-order chi connectivity index (χ1) is 7.27. The molecule has 0 fully saturated rings. The molecule has 0 radical (unpaired) electrons. The summed E-state index contributed by atoms with van der Waals surface area (Å²) in [5.41, 5.74) is 3.57. The van der Waals surface area contributed by atoms with Crippen LogP contribution in [0.2, 0.25) is 0 Å². The van der Waals surface area contributed by atoms with Gasteiger partial charge in [0, 0.05) is 4.83 Å². The minimum atomic E-state index is 0.470. The van der Waals surface area contributed by atoms with Crippen LogP contribution in [-0.2, 0) is 6.42 Å². The summed E-state index contributed by atoms with van der Waals surface area (Å²) in [6.07, 6.45) is 2.89. The molecule has 0 aliphatic rings. The Hall–Kier alpha value is -1.09. The maximum Gasteiger partial charge on any atom is 0.0682 e. The molecule has 0 spiro atoms. The summed E-state index contributed by atoms with van der Waals surface area (Å²) in [5.74, 6) is 0. The first-order valence-corrected chi connectivity index (χ1v) is 5.90. The molecule has 0 amide bonds. The van der Waals surface area contributed by atoms with Crippen molar-refractivity contribution < 1.29 is 0 Å². The molecule has 78 valence electrons. The zero-order chi connectivity index (χ0) is 10.7. The fourth-order valence-corrected chi connectivity index (χ4v) is 1.97. The Labute approximate surface area is 97.8 Å². The van der Waals surface area contributed by atoms with Gasteiger partial charge in [0.1, 0.15) is 0 Å². The normalized spacial score (nSPS) is 12.7. The highest BCUT2D eigenvalue weighted by Gasteiger charge is 2.08. The predicted octanol–water partition coefficient (Wildman–Crippen LogP) is 3.40. The maximum atomic E-state index is 4.11. The smallest absolute Gasteiger partial charge is 0.0682 e. The van der Waals surface area contributed by atoms with Gasteiger partial charge in [-0.05, 0) is 17.5 Å². The first kappa shape index (κ1) is 10.4. The van der Waals surface area contributed by atoms with Crippen molar-refractivity contribution in [3.05, 3.63) is 42.1 Å². The Balaban J connectivity index is 2.33. The summed E-state index contributed by atoms with van der Waals surface area (Å²) in [6.45, 7) is 2.14. The van der Waals surface area contributed by atoms with E-state index in [0.29, 0.717) is 4.83 Å². The fraction of sp³-hybridized carbons (Fsp3) is 0.250. The molecule has 2 rings (SSSR count). The molecule has 1 N–H and O–H groups in total. The zero-order valence-electron chi connectivity index (χ0n) is 8.57. The van der Waals surface area contributed by atoms with Crippen molar-refractivity contribution in [1.29, 1.82) is 0 Å². The second kappa shape index (κ2) is 4.62. The van der Waals surface area contributed by atoms with E-state index in [1.54, 1.807) is 0 Å². The van der Waals surface area contributed by atoms with Gasteiger partial charge < -0.3 is 0 Å². The first-order valence-electron chi connectivity index (χ1n) is 4.99. The van der Waals surface area contributed by atoms with E-state index in [9.17, 15) is 0 Å². The second-order valence-corrected chi connectivity index (χ2v) is 5.18. The topological polar surface area (TPSA) is 28.7 Å². The Morgan fingerprint density at radius 1 is 1.33 bits per heavy atom. The molecule has 1 unspecified atom stereocenters. The molecule has 0 aliphatic heterocycles. The predicted molar refractivity (Wildman–Crippen MR) is 66.1 cm³/mol. The summed E-state index contributed by atoms with van der Waals surface area (Å²) in [4.78, 5) is 0.470. The van der Waals surface area contributed by atoms with Gasteiger partial charge in [0.2, 0.25) is 0 Å². The van der Waals surface area contributed by atoms with Gasteiger partial charge >= 0.3 is 0 Å². The van der Waals surface area contributed by atoms with Crippen LogP contribution in [0.25, 0.3) is 11.3 Å². The minimum Gasteiger partial charge on any atom is -0.278 e. The number of nitrogens with zero attached hydrogens (tertiary/aromatic N) is 1. The monoisotopic (exact) mass is 264 g/mol. The third-order valence-corrected chi connectivity index (χ3v) is 2.61. The molecule has 0 bridgehead atoms. The Bertz CT molecular complexity index is 420. The highest BCUT2D eigenvalue weighted by Crippen LogP contribution is 2.22. The Morgan fingerprint density at radius 3 is 2.73 bits per heavy atom. The number of hydrogen-bond donors (Lipinski definition) is 1. The van der Waals surface area contributed by atoms with Crippen molar-refractivity contribution in [2.24, 2.45) is 0 Å². The van der Waals surface area contributed by atoms with Gasteiger partial charge in [-0.1, -0.05) is 53.2 Å². The number of alkyl halides is 1. The van der Waals surface area contributed by atoms with E-state index in [2.05, 4.69) is 45.2 Å². The van der Waals surface area contributed by atoms with E-state index in [4.69, 9.17) is 0 Å². The van der Waals surface area contributed by atoms with E-state index >= 15 is 0 Å². The molecule has 2 nitrogen and oxygen atoms in total. The molecule has 1 aromatic carbocycles. The van der Waals surface area contributed by atoms with Gasteiger partial charge in [-0.2, -0.15) is 5.10 Å². The summed E-state index contributed by atoms with van der Waals surface area (Å²) in [6, 6.07) is 10.3. The van der Waals surface area contributed by atoms with Crippen molar-refractivity contribution in [1.82, 2.24) is 10.2 Å². The number of rotatable bonds is 3. The highest BCUT2D eigenvalue weighted by molar-refractivity contribution is 9.09. The quantitative estimate of drug-likeness (QED) is 0.846. The fourth-order valence-electron chi connectivity index (χ4n) is 1.62. The lowest BCUT2D eigenvalue weighted by molar-refractivity contribution is 0.963. The lowest BCUT2D eigenvalue weighted by Gasteiger charge is -2.04. The SMILES string of the molecule is CC(Br)Cc1cn[nH]c1-c1ccccc1. The van der Waals surface area contributed by atoms with Gasteiger partial charge in [0.15, 0.2) is 0 Å². The van der Waals surface area contributed by atoms with Crippen molar-refractivity contribution in [2.75, 3.05) is 0 Å². The van der Waals surface area contributed by atoms with Gasteiger partial charge in [0.05, 0.1) is 11.9 Å². The highest BCUT2D eigenvalue weighted by atomic mass is 79.9. The van der Waals surface area contributed by atoms with Gasteiger partial charge in [-0.15, -0.1) is 0 Å². The molecule has 15 heavy (non-hydrogen) atoms. The van der Waals surface area contributed by atoms with Crippen molar-refractivity contribution in [3.8, 4) is 11.3 Å². The molecule has 3 heteroatoms. The standard InChI is InChI=1S/C12H13BrN2/c1-9(13)7-11-8-14-15-12(11)10-5-3-2-4-6-10/h2-6,8-9H,7H2,1H3,(H,14,15). The van der Waals surface area contributed by atoms with Crippen LogP contribution in [0.3, 0.4) is 0 Å². The van der Waals surface area contributed by atoms with E-state index < -0.39 is 0 Å². The molecule has 0 saturated carbocycles. The Morgan fingerprint density at radius 2 is 2.07 bits per heavy atom. The van der Waals surface area contributed by atoms with Gasteiger partial charge in [0.25, 0.3) is 0 Å². The van der Waals surface area contributed by atoms with Crippen LogP contribution in [0, 0.1) is 0 Å². The minimum absolute atomic E-state index is 0.470. The average molecular weight is 265 g/mol. The molecule has 2 aromatic rings. The summed E-state index contributed by atoms with van der Waals surface area (Å²) in [7, 11) is 0. The van der Waals surface area contributed by atoms with Crippen molar-refractivity contribution >= 4 is 15.9 Å².